The largest absolute Gasteiger partial charge is 0.381 e. The van der Waals surface area contributed by atoms with Gasteiger partial charge in [0.2, 0.25) is 5.82 Å². The van der Waals surface area contributed by atoms with Gasteiger partial charge in [0.1, 0.15) is 11.8 Å². The van der Waals surface area contributed by atoms with E-state index in [1.54, 1.807) is 11.5 Å². The Labute approximate surface area is 80.7 Å². The topological polar surface area (TPSA) is 73.5 Å². The van der Waals surface area contributed by atoms with Crippen LogP contribution >= 0.6 is 0 Å². The quantitative estimate of drug-likeness (QED) is 0.409. The van der Waals surface area contributed by atoms with Crippen LogP contribution in [0.5, 0.6) is 0 Å². The number of ether oxygens (including phenoxy) is 1. The molecule has 0 spiro atoms. The van der Waals surface area contributed by atoms with Crippen molar-refractivity contribution < 1.29 is 9.66 Å². The van der Waals surface area contributed by atoms with E-state index in [9.17, 15) is 10.1 Å². The SMILES string of the molecule is Cc1nc([N+](=O)[O-])cn1C[C@@]1(C)CO1. The first-order chi connectivity index (χ1) is 6.50. The van der Waals surface area contributed by atoms with Crippen LogP contribution in [0.4, 0.5) is 5.82 Å². The number of aromatic nitrogens is 2. The molecular weight excluding hydrogens is 186 g/mol. The molecule has 2 heterocycles. The van der Waals surface area contributed by atoms with Crippen molar-refractivity contribution >= 4 is 5.82 Å². The molecule has 14 heavy (non-hydrogen) atoms. The van der Waals surface area contributed by atoms with Crippen molar-refractivity contribution in [2.75, 3.05) is 6.61 Å². The third kappa shape index (κ3) is 1.60. The number of nitro groups is 1. The first kappa shape index (κ1) is 9.14. The van der Waals surface area contributed by atoms with Gasteiger partial charge in [-0.25, -0.2) is 0 Å². The molecule has 76 valence electrons. The summed E-state index contributed by atoms with van der Waals surface area (Å²) in [7, 11) is 0. The summed E-state index contributed by atoms with van der Waals surface area (Å²) < 4.78 is 6.96. The first-order valence-electron chi connectivity index (χ1n) is 4.32. The monoisotopic (exact) mass is 197 g/mol. The normalized spacial score (nSPS) is 25.0. The third-order valence-corrected chi connectivity index (χ3v) is 2.29. The fourth-order valence-electron chi connectivity index (χ4n) is 1.31. The minimum absolute atomic E-state index is 0.105. The van der Waals surface area contributed by atoms with Gasteiger partial charge in [0.15, 0.2) is 0 Å². The Morgan fingerprint density at radius 2 is 2.50 bits per heavy atom. The zero-order valence-corrected chi connectivity index (χ0v) is 8.06. The molecule has 1 fully saturated rings. The molecule has 0 N–H and O–H groups in total. The lowest BCUT2D eigenvalue weighted by atomic mass is 10.2. The highest BCUT2D eigenvalue weighted by Crippen LogP contribution is 2.28. The molecule has 6 nitrogen and oxygen atoms in total. The smallest absolute Gasteiger partial charge is 0.368 e. The van der Waals surface area contributed by atoms with Gasteiger partial charge in [0.05, 0.1) is 13.2 Å². The molecular formula is C8H11N3O3. The summed E-state index contributed by atoms with van der Waals surface area (Å²) in [6.07, 6.45) is 1.45. The van der Waals surface area contributed by atoms with Gasteiger partial charge in [-0.1, -0.05) is 0 Å². The van der Waals surface area contributed by atoms with Crippen LogP contribution < -0.4 is 0 Å². The maximum absolute atomic E-state index is 10.4. The van der Waals surface area contributed by atoms with Crippen molar-refractivity contribution in [3.63, 3.8) is 0 Å². The highest BCUT2D eigenvalue weighted by atomic mass is 16.6. The van der Waals surface area contributed by atoms with Gasteiger partial charge in [-0.3, -0.25) is 0 Å². The Balaban J connectivity index is 2.21. The van der Waals surface area contributed by atoms with Crippen molar-refractivity contribution in [2.45, 2.75) is 26.0 Å². The van der Waals surface area contributed by atoms with Gasteiger partial charge in [-0.05, 0) is 16.8 Å². The predicted molar refractivity (Wildman–Crippen MR) is 48.0 cm³/mol. The second kappa shape index (κ2) is 2.78. The number of hydrogen-bond acceptors (Lipinski definition) is 4. The van der Waals surface area contributed by atoms with Crippen LogP contribution in [0.2, 0.25) is 0 Å². The molecule has 1 aromatic heterocycles. The van der Waals surface area contributed by atoms with E-state index in [2.05, 4.69) is 4.98 Å². The van der Waals surface area contributed by atoms with Crippen LogP contribution in [0.15, 0.2) is 6.20 Å². The van der Waals surface area contributed by atoms with E-state index >= 15 is 0 Å². The van der Waals surface area contributed by atoms with E-state index in [0.29, 0.717) is 19.0 Å². The summed E-state index contributed by atoms with van der Waals surface area (Å²) in [5.41, 5.74) is -0.153. The molecule has 0 unspecified atom stereocenters. The Hall–Kier alpha value is -1.43. The molecule has 1 saturated heterocycles. The Morgan fingerprint density at radius 1 is 1.86 bits per heavy atom. The van der Waals surface area contributed by atoms with Gasteiger partial charge < -0.3 is 19.4 Å². The molecule has 0 radical (unpaired) electrons. The molecule has 2 rings (SSSR count). The average Bonchev–Trinajstić information content (AvgIpc) is 2.69. The summed E-state index contributed by atoms with van der Waals surface area (Å²) in [6.45, 7) is 5.05. The number of nitrogens with zero attached hydrogens (tertiary/aromatic N) is 3. The number of aryl methyl sites for hydroxylation is 1. The summed E-state index contributed by atoms with van der Waals surface area (Å²) in [5, 5.41) is 10.4. The number of rotatable bonds is 3. The number of hydrogen-bond donors (Lipinski definition) is 0. The zero-order chi connectivity index (χ0) is 10.3. The maximum atomic E-state index is 10.4. The Morgan fingerprint density at radius 3 is 2.93 bits per heavy atom. The molecule has 1 aliphatic rings. The molecule has 0 bridgehead atoms. The van der Waals surface area contributed by atoms with Crippen molar-refractivity contribution in [1.29, 1.82) is 0 Å². The molecule has 6 heteroatoms. The molecule has 1 aromatic rings. The minimum atomic E-state index is -0.487. The van der Waals surface area contributed by atoms with Crippen molar-refractivity contribution in [2.24, 2.45) is 0 Å². The second-order valence-electron chi connectivity index (χ2n) is 3.77. The lowest BCUT2D eigenvalue weighted by Gasteiger charge is -2.04. The highest BCUT2D eigenvalue weighted by Gasteiger charge is 2.40. The first-order valence-corrected chi connectivity index (χ1v) is 4.32. The highest BCUT2D eigenvalue weighted by molar-refractivity contribution is 5.17. The van der Waals surface area contributed by atoms with Crippen LogP contribution in [0.25, 0.3) is 0 Å². The van der Waals surface area contributed by atoms with Gasteiger partial charge in [-0.2, -0.15) is 0 Å². The summed E-state index contributed by atoms with van der Waals surface area (Å²) in [5.74, 6) is 0.542. The Kier molecular flexibility index (Phi) is 1.81. The molecule has 1 atom stereocenters. The average molecular weight is 197 g/mol. The predicted octanol–water partition coefficient (Wildman–Crippen LogP) is 0.889. The molecule has 0 amide bonds. The van der Waals surface area contributed by atoms with Crippen molar-refractivity contribution in [3.8, 4) is 0 Å². The summed E-state index contributed by atoms with van der Waals surface area (Å²) >= 11 is 0. The third-order valence-electron chi connectivity index (χ3n) is 2.29. The fraction of sp³-hybridized carbons (Fsp3) is 0.625. The molecule has 0 saturated carbocycles. The van der Waals surface area contributed by atoms with Crippen LogP contribution in [-0.4, -0.2) is 26.7 Å². The lowest BCUT2D eigenvalue weighted by molar-refractivity contribution is -0.389. The Bertz CT molecular complexity index is 381. The van der Waals surface area contributed by atoms with Crippen molar-refractivity contribution in [3.05, 3.63) is 22.1 Å². The standard InChI is InChI=1S/C8H11N3O3/c1-6-9-7(11(12)13)3-10(6)4-8(2)5-14-8/h3H,4-5H2,1-2H3/t8-/m0/s1. The summed E-state index contributed by atoms with van der Waals surface area (Å²) in [4.78, 5) is 13.8. The van der Waals surface area contributed by atoms with E-state index in [-0.39, 0.29) is 11.4 Å². The van der Waals surface area contributed by atoms with E-state index in [4.69, 9.17) is 4.74 Å². The van der Waals surface area contributed by atoms with E-state index in [0.717, 1.165) is 0 Å². The fourth-order valence-corrected chi connectivity index (χ4v) is 1.31. The van der Waals surface area contributed by atoms with Crippen molar-refractivity contribution in [1.82, 2.24) is 9.55 Å². The van der Waals surface area contributed by atoms with Crippen LogP contribution in [-0.2, 0) is 11.3 Å². The molecule has 1 aliphatic heterocycles. The molecule has 0 aliphatic carbocycles. The van der Waals surface area contributed by atoms with E-state index < -0.39 is 4.92 Å². The number of imidazole rings is 1. The van der Waals surface area contributed by atoms with Gasteiger partial charge in [-0.15, -0.1) is 0 Å². The maximum Gasteiger partial charge on any atom is 0.381 e. The van der Waals surface area contributed by atoms with E-state index in [1.165, 1.54) is 6.20 Å². The van der Waals surface area contributed by atoms with Crippen LogP contribution in [0.1, 0.15) is 12.7 Å². The minimum Gasteiger partial charge on any atom is -0.368 e. The molecule has 0 aromatic carbocycles. The zero-order valence-electron chi connectivity index (χ0n) is 8.06. The van der Waals surface area contributed by atoms with Crippen LogP contribution in [0, 0.1) is 17.0 Å². The van der Waals surface area contributed by atoms with Gasteiger partial charge in [0, 0.05) is 6.92 Å². The van der Waals surface area contributed by atoms with Gasteiger partial charge >= 0.3 is 5.82 Å². The van der Waals surface area contributed by atoms with Gasteiger partial charge in [0.25, 0.3) is 0 Å². The van der Waals surface area contributed by atoms with E-state index in [1.807, 2.05) is 6.92 Å². The summed E-state index contributed by atoms with van der Waals surface area (Å²) in [6, 6.07) is 0. The lowest BCUT2D eigenvalue weighted by Crippen LogP contribution is -2.15. The second-order valence-corrected chi connectivity index (χ2v) is 3.77. The van der Waals surface area contributed by atoms with Crippen LogP contribution in [0.3, 0.4) is 0 Å². The number of epoxide rings is 1.